The van der Waals surface area contributed by atoms with Gasteiger partial charge in [-0.25, -0.2) is 0 Å². The van der Waals surface area contributed by atoms with Crippen molar-refractivity contribution in [1.82, 2.24) is 9.88 Å². The molecule has 3 aliphatic heterocycles. The molecule has 1 amide bonds. The minimum atomic E-state index is 0.0829. The van der Waals surface area contributed by atoms with Crippen molar-refractivity contribution in [1.29, 1.82) is 0 Å². The van der Waals surface area contributed by atoms with Crippen LogP contribution in [0.4, 0.5) is 0 Å². The van der Waals surface area contributed by atoms with Crippen LogP contribution in [0.15, 0.2) is 48.8 Å². The molecule has 4 heterocycles. The SMILES string of the molecule is O=C(c1ccc2c(c1)OCCO2)N1C2C=C(c3ccncc3)CC1CC2. The molecule has 2 bridgehead atoms. The molecule has 2 atom stereocenters. The fourth-order valence-electron chi connectivity index (χ4n) is 4.25. The van der Waals surface area contributed by atoms with Crippen LogP contribution in [-0.4, -0.2) is 41.1 Å². The summed E-state index contributed by atoms with van der Waals surface area (Å²) in [4.78, 5) is 19.3. The van der Waals surface area contributed by atoms with Crippen molar-refractivity contribution in [3.63, 3.8) is 0 Å². The average molecular weight is 348 g/mol. The Morgan fingerprint density at radius 2 is 1.85 bits per heavy atom. The average Bonchev–Trinajstić information content (AvgIpc) is 2.97. The monoisotopic (exact) mass is 348 g/mol. The van der Waals surface area contributed by atoms with Crippen molar-refractivity contribution >= 4 is 11.5 Å². The highest BCUT2D eigenvalue weighted by Gasteiger charge is 2.40. The van der Waals surface area contributed by atoms with Crippen LogP contribution in [0.25, 0.3) is 5.57 Å². The maximum absolute atomic E-state index is 13.2. The second-order valence-corrected chi connectivity index (χ2v) is 7.00. The van der Waals surface area contributed by atoms with Crippen LogP contribution in [0.1, 0.15) is 35.2 Å². The summed E-state index contributed by atoms with van der Waals surface area (Å²) in [5.41, 5.74) is 3.21. The van der Waals surface area contributed by atoms with E-state index >= 15 is 0 Å². The quantitative estimate of drug-likeness (QED) is 0.835. The van der Waals surface area contributed by atoms with Crippen molar-refractivity contribution in [2.45, 2.75) is 31.3 Å². The Kier molecular flexibility index (Phi) is 3.66. The van der Waals surface area contributed by atoms with E-state index in [2.05, 4.69) is 16.0 Å². The van der Waals surface area contributed by atoms with Crippen LogP contribution in [0.5, 0.6) is 11.5 Å². The standard InChI is InChI=1S/C21H20N2O3/c24-21(15-1-4-19-20(13-15)26-10-9-25-19)23-17-2-3-18(23)12-16(11-17)14-5-7-22-8-6-14/h1,4-8,11,13,17-18H,2-3,9-10,12H2. The molecule has 1 saturated heterocycles. The smallest absolute Gasteiger partial charge is 0.254 e. The highest BCUT2D eigenvalue weighted by Crippen LogP contribution is 2.40. The van der Waals surface area contributed by atoms with E-state index in [4.69, 9.17) is 9.47 Å². The second kappa shape index (κ2) is 6.16. The zero-order valence-corrected chi connectivity index (χ0v) is 14.4. The Labute approximate surface area is 152 Å². The van der Waals surface area contributed by atoms with Crippen molar-refractivity contribution < 1.29 is 14.3 Å². The number of nitrogens with zero attached hydrogens (tertiary/aromatic N) is 2. The number of hydrogen-bond acceptors (Lipinski definition) is 4. The summed E-state index contributed by atoms with van der Waals surface area (Å²) in [6, 6.07) is 10.0. The summed E-state index contributed by atoms with van der Waals surface area (Å²) in [6.07, 6.45) is 8.88. The summed E-state index contributed by atoms with van der Waals surface area (Å²) in [5, 5.41) is 0. The van der Waals surface area contributed by atoms with Crippen LogP contribution >= 0.6 is 0 Å². The fourth-order valence-corrected chi connectivity index (χ4v) is 4.25. The predicted octanol–water partition coefficient (Wildman–Crippen LogP) is 3.31. The van der Waals surface area contributed by atoms with E-state index in [1.807, 2.05) is 42.7 Å². The zero-order chi connectivity index (χ0) is 17.5. The number of benzene rings is 1. The molecule has 2 aromatic rings. The molecule has 132 valence electrons. The third-order valence-electron chi connectivity index (χ3n) is 5.47. The molecule has 1 aromatic carbocycles. The molecule has 1 fully saturated rings. The Balaban J connectivity index is 1.43. The van der Waals surface area contributed by atoms with Gasteiger partial charge < -0.3 is 14.4 Å². The van der Waals surface area contributed by atoms with E-state index in [9.17, 15) is 4.79 Å². The van der Waals surface area contributed by atoms with Crippen LogP contribution in [0, 0.1) is 0 Å². The van der Waals surface area contributed by atoms with Gasteiger partial charge in [-0.15, -0.1) is 0 Å². The van der Waals surface area contributed by atoms with Crippen molar-refractivity contribution in [2.75, 3.05) is 13.2 Å². The normalized spacial score (nSPS) is 23.5. The molecule has 0 spiro atoms. The Morgan fingerprint density at radius 3 is 2.65 bits per heavy atom. The minimum Gasteiger partial charge on any atom is -0.486 e. The molecule has 5 rings (SSSR count). The number of aromatic nitrogens is 1. The van der Waals surface area contributed by atoms with Gasteiger partial charge in [0.05, 0.1) is 6.04 Å². The van der Waals surface area contributed by atoms with E-state index in [1.165, 1.54) is 11.1 Å². The number of carbonyl (C=O) groups excluding carboxylic acids is 1. The molecule has 0 saturated carbocycles. The minimum absolute atomic E-state index is 0.0829. The third kappa shape index (κ3) is 2.55. The van der Waals surface area contributed by atoms with Gasteiger partial charge in [-0.05, 0) is 60.7 Å². The molecule has 0 aliphatic carbocycles. The van der Waals surface area contributed by atoms with Gasteiger partial charge >= 0.3 is 0 Å². The molecular formula is C21H20N2O3. The summed E-state index contributed by atoms with van der Waals surface area (Å²) in [7, 11) is 0. The first-order chi connectivity index (χ1) is 12.8. The maximum atomic E-state index is 13.2. The number of amides is 1. The summed E-state index contributed by atoms with van der Waals surface area (Å²) in [5.74, 6) is 1.47. The van der Waals surface area contributed by atoms with Crippen LogP contribution < -0.4 is 9.47 Å². The second-order valence-electron chi connectivity index (χ2n) is 7.00. The highest BCUT2D eigenvalue weighted by atomic mass is 16.6. The van der Waals surface area contributed by atoms with Crippen molar-refractivity contribution in [2.24, 2.45) is 0 Å². The fraction of sp³-hybridized carbons (Fsp3) is 0.333. The van der Waals surface area contributed by atoms with E-state index in [1.54, 1.807) is 0 Å². The summed E-state index contributed by atoms with van der Waals surface area (Å²) < 4.78 is 11.2. The first-order valence-corrected chi connectivity index (χ1v) is 9.13. The van der Waals surface area contributed by atoms with E-state index in [-0.39, 0.29) is 18.0 Å². The summed E-state index contributed by atoms with van der Waals surface area (Å²) in [6.45, 7) is 1.08. The van der Waals surface area contributed by atoms with Gasteiger partial charge in [-0.3, -0.25) is 9.78 Å². The molecule has 1 aromatic heterocycles. The molecular weight excluding hydrogens is 328 g/mol. The highest BCUT2D eigenvalue weighted by molar-refractivity contribution is 5.96. The Morgan fingerprint density at radius 1 is 1.04 bits per heavy atom. The molecule has 2 unspecified atom stereocenters. The number of pyridine rings is 1. The van der Waals surface area contributed by atoms with Crippen LogP contribution in [0.2, 0.25) is 0 Å². The lowest BCUT2D eigenvalue weighted by molar-refractivity contribution is 0.0691. The van der Waals surface area contributed by atoms with E-state index < -0.39 is 0 Å². The van der Waals surface area contributed by atoms with E-state index in [0.717, 1.165) is 19.3 Å². The summed E-state index contributed by atoms with van der Waals surface area (Å²) >= 11 is 0. The van der Waals surface area contributed by atoms with Gasteiger partial charge in [0.25, 0.3) is 5.91 Å². The molecule has 5 nitrogen and oxygen atoms in total. The molecule has 0 radical (unpaired) electrons. The first-order valence-electron chi connectivity index (χ1n) is 9.13. The van der Waals surface area contributed by atoms with Crippen LogP contribution in [0.3, 0.4) is 0 Å². The topological polar surface area (TPSA) is 51.7 Å². The molecule has 5 heteroatoms. The largest absolute Gasteiger partial charge is 0.486 e. The maximum Gasteiger partial charge on any atom is 0.254 e. The van der Waals surface area contributed by atoms with Crippen molar-refractivity contribution in [3.8, 4) is 11.5 Å². The van der Waals surface area contributed by atoms with E-state index in [0.29, 0.717) is 30.3 Å². The predicted molar refractivity (Wildman–Crippen MR) is 97.2 cm³/mol. The van der Waals surface area contributed by atoms with Gasteiger partial charge in [0.15, 0.2) is 11.5 Å². The third-order valence-corrected chi connectivity index (χ3v) is 5.47. The number of hydrogen-bond donors (Lipinski definition) is 0. The lowest BCUT2D eigenvalue weighted by atomic mass is 9.95. The van der Waals surface area contributed by atoms with Gasteiger partial charge in [-0.2, -0.15) is 0 Å². The van der Waals surface area contributed by atoms with Gasteiger partial charge in [-0.1, -0.05) is 6.08 Å². The Bertz CT molecular complexity index is 878. The van der Waals surface area contributed by atoms with Crippen molar-refractivity contribution in [3.05, 3.63) is 59.9 Å². The molecule has 3 aliphatic rings. The number of ether oxygens (including phenoxy) is 2. The number of fused-ring (bicyclic) bond motifs is 3. The van der Waals surface area contributed by atoms with Gasteiger partial charge in [0.1, 0.15) is 13.2 Å². The number of rotatable bonds is 2. The van der Waals surface area contributed by atoms with Gasteiger partial charge in [0.2, 0.25) is 0 Å². The van der Waals surface area contributed by atoms with Crippen LogP contribution in [-0.2, 0) is 0 Å². The van der Waals surface area contributed by atoms with Gasteiger partial charge in [0, 0.05) is 24.0 Å². The molecule has 0 N–H and O–H groups in total. The Hall–Kier alpha value is -2.82. The first kappa shape index (κ1) is 15.4. The molecule has 26 heavy (non-hydrogen) atoms. The lowest BCUT2D eigenvalue weighted by Crippen LogP contribution is -2.43. The number of carbonyl (C=O) groups is 1. The zero-order valence-electron chi connectivity index (χ0n) is 14.4. The lowest BCUT2D eigenvalue weighted by Gasteiger charge is -2.34.